The van der Waals surface area contributed by atoms with E-state index in [4.69, 9.17) is 18.9 Å². The van der Waals surface area contributed by atoms with Crippen molar-refractivity contribution in [2.45, 2.75) is 39.8 Å². The Balaban J connectivity index is 1.90. The zero-order valence-corrected chi connectivity index (χ0v) is 22.8. The summed E-state index contributed by atoms with van der Waals surface area (Å²) in [6, 6.07) is 18.1. The first-order chi connectivity index (χ1) is 18.8. The first-order valence-electron chi connectivity index (χ1n) is 12.9. The molecule has 1 fully saturated rings. The van der Waals surface area contributed by atoms with Gasteiger partial charge in [0.15, 0.2) is 0 Å². The Morgan fingerprint density at radius 3 is 2.23 bits per heavy atom. The molecule has 0 radical (unpaired) electrons. The molecule has 0 saturated carbocycles. The van der Waals surface area contributed by atoms with Crippen LogP contribution in [0.3, 0.4) is 0 Å². The van der Waals surface area contributed by atoms with Gasteiger partial charge < -0.3 is 24.1 Å². The van der Waals surface area contributed by atoms with Crippen molar-refractivity contribution in [3.63, 3.8) is 0 Å². The van der Waals surface area contributed by atoms with Crippen LogP contribution in [0.4, 0.5) is 5.69 Å². The highest BCUT2D eigenvalue weighted by Crippen LogP contribution is 2.44. The first-order valence-corrected chi connectivity index (χ1v) is 12.9. The lowest BCUT2D eigenvalue weighted by molar-refractivity contribution is -0.132. The van der Waals surface area contributed by atoms with Crippen LogP contribution in [0, 0.1) is 0 Å². The molecule has 1 atom stereocenters. The number of amides is 1. The van der Waals surface area contributed by atoms with Crippen molar-refractivity contribution in [1.29, 1.82) is 0 Å². The summed E-state index contributed by atoms with van der Waals surface area (Å²) >= 11 is 0. The summed E-state index contributed by atoms with van der Waals surface area (Å²) in [6.07, 6.45) is -0.0180. The molecule has 3 aromatic rings. The second kappa shape index (κ2) is 11.9. The average molecular weight is 532 g/mol. The highest BCUT2D eigenvalue weighted by Gasteiger charge is 2.47. The van der Waals surface area contributed by atoms with Gasteiger partial charge in [-0.2, -0.15) is 0 Å². The number of ketones is 1. The summed E-state index contributed by atoms with van der Waals surface area (Å²) in [6.45, 7) is 8.32. The fourth-order valence-corrected chi connectivity index (χ4v) is 4.56. The maximum absolute atomic E-state index is 13.6. The Bertz CT molecular complexity index is 1380. The molecule has 1 saturated heterocycles. The van der Waals surface area contributed by atoms with Crippen LogP contribution < -0.4 is 23.8 Å². The number of carbonyl (C=O) groups is 2. The monoisotopic (exact) mass is 531 g/mol. The topological polar surface area (TPSA) is 94.5 Å². The molecule has 1 heterocycles. The number of aliphatic hydroxyl groups excluding tert-OH is 1. The van der Waals surface area contributed by atoms with Gasteiger partial charge in [-0.05, 0) is 81.8 Å². The number of benzene rings is 3. The number of rotatable bonds is 10. The minimum atomic E-state index is -0.919. The minimum absolute atomic E-state index is 0.0180. The lowest BCUT2D eigenvalue weighted by Gasteiger charge is -2.26. The number of nitrogens with zero attached hydrogens (tertiary/aromatic N) is 1. The summed E-state index contributed by atoms with van der Waals surface area (Å²) < 4.78 is 22.5. The molecule has 1 aliphatic rings. The molecule has 0 spiro atoms. The summed E-state index contributed by atoms with van der Waals surface area (Å²) in [4.78, 5) is 28.5. The number of ether oxygens (including phenoxy) is 4. The van der Waals surface area contributed by atoms with Crippen molar-refractivity contribution in [3.8, 4) is 23.0 Å². The fraction of sp³-hybridized carbons (Fsp3) is 0.290. The molecular formula is C31H33NO7. The normalized spacial score (nSPS) is 16.5. The van der Waals surface area contributed by atoms with Gasteiger partial charge >= 0.3 is 0 Å². The second-order valence-corrected chi connectivity index (χ2v) is 9.13. The number of hydrogen-bond donors (Lipinski definition) is 1. The van der Waals surface area contributed by atoms with Crippen LogP contribution in [0.2, 0.25) is 0 Å². The molecule has 1 N–H and O–H groups in total. The quantitative estimate of drug-likeness (QED) is 0.198. The van der Waals surface area contributed by atoms with E-state index in [0.29, 0.717) is 47.5 Å². The number of carbonyl (C=O) groups excluding carboxylic acids is 2. The highest BCUT2D eigenvalue weighted by molar-refractivity contribution is 6.51. The number of methoxy groups -OCH3 is 1. The van der Waals surface area contributed by atoms with E-state index in [9.17, 15) is 14.7 Å². The van der Waals surface area contributed by atoms with Gasteiger partial charge in [0.1, 0.15) is 28.8 Å². The summed E-state index contributed by atoms with van der Waals surface area (Å²) in [5.74, 6) is 0.187. The fourth-order valence-electron chi connectivity index (χ4n) is 4.56. The maximum Gasteiger partial charge on any atom is 0.300 e. The number of Topliss-reactive ketones (excluding diaryl/α,β-unsaturated/α-hetero) is 1. The van der Waals surface area contributed by atoms with E-state index < -0.39 is 17.7 Å². The Morgan fingerprint density at radius 2 is 1.59 bits per heavy atom. The van der Waals surface area contributed by atoms with Crippen molar-refractivity contribution < 1.29 is 33.6 Å². The molecular weight excluding hydrogens is 498 g/mol. The van der Waals surface area contributed by atoms with Crippen LogP contribution in [-0.4, -0.2) is 43.2 Å². The number of anilines is 1. The lowest BCUT2D eigenvalue weighted by Crippen LogP contribution is -2.29. The van der Waals surface area contributed by atoms with Gasteiger partial charge in [-0.3, -0.25) is 14.5 Å². The van der Waals surface area contributed by atoms with Crippen LogP contribution in [0.5, 0.6) is 23.0 Å². The van der Waals surface area contributed by atoms with Crippen molar-refractivity contribution in [2.24, 2.45) is 0 Å². The third kappa shape index (κ3) is 5.70. The van der Waals surface area contributed by atoms with E-state index in [1.165, 1.54) is 12.0 Å². The first kappa shape index (κ1) is 27.6. The van der Waals surface area contributed by atoms with E-state index in [1.807, 2.05) is 27.7 Å². The van der Waals surface area contributed by atoms with E-state index in [2.05, 4.69) is 0 Å². The van der Waals surface area contributed by atoms with Gasteiger partial charge in [0.2, 0.25) is 0 Å². The standard InChI is InChI=1S/C31H33NO7/c1-6-37-24-15-16-25(26(18-24)38-7-2)29(33)27-28(20-9-8-10-23(17-20)36-5)32(31(35)30(27)34)21-11-13-22(14-12-21)39-19(3)4/h8-19,28,33H,6-7H2,1-5H3/b29-27-. The molecule has 1 unspecified atom stereocenters. The van der Waals surface area contributed by atoms with Crippen LogP contribution in [0.25, 0.3) is 5.76 Å². The molecule has 1 amide bonds. The molecule has 0 aliphatic carbocycles. The molecule has 8 nitrogen and oxygen atoms in total. The highest BCUT2D eigenvalue weighted by atomic mass is 16.5. The van der Waals surface area contributed by atoms with Gasteiger partial charge in [0.25, 0.3) is 11.7 Å². The second-order valence-electron chi connectivity index (χ2n) is 9.13. The molecule has 39 heavy (non-hydrogen) atoms. The Hall–Kier alpha value is -4.46. The summed E-state index contributed by atoms with van der Waals surface area (Å²) in [5, 5.41) is 11.6. The van der Waals surface area contributed by atoms with Crippen LogP contribution >= 0.6 is 0 Å². The Morgan fingerprint density at radius 1 is 0.897 bits per heavy atom. The van der Waals surface area contributed by atoms with Gasteiger partial charge in [0.05, 0.1) is 43.6 Å². The molecule has 1 aliphatic heterocycles. The third-order valence-electron chi connectivity index (χ3n) is 6.16. The number of hydrogen-bond acceptors (Lipinski definition) is 7. The van der Waals surface area contributed by atoms with Gasteiger partial charge in [-0.15, -0.1) is 0 Å². The van der Waals surface area contributed by atoms with Crippen LogP contribution in [-0.2, 0) is 9.59 Å². The van der Waals surface area contributed by atoms with E-state index in [-0.39, 0.29) is 23.0 Å². The van der Waals surface area contributed by atoms with Crippen LogP contribution in [0.1, 0.15) is 44.9 Å². The van der Waals surface area contributed by atoms with E-state index >= 15 is 0 Å². The van der Waals surface area contributed by atoms with Crippen molar-refractivity contribution in [1.82, 2.24) is 0 Å². The zero-order chi connectivity index (χ0) is 28.1. The lowest BCUT2D eigenvalue weighted by atomic mass is 9.94. The zero-order valence-electron chi connectivity index (χ0n) is 22.8. The molecule has 4 rings (SSSR count). The van der Waals surface area contributed by atoms with Gasteiger partial charge in [-0.25, -0.2) is 0 Å². The molecule has 204 valence electrons. The Labute approximate surface area is 228 Å². The Kier molecular flexibility index (Phi) is 8.44. The SMILES string of the molecule is CCOc1ccc(/C(O)=C2/C(=O)C(=O)N(c3ccc(OC(C)C)cc3)C2c2cccc(OC)c2)c(OCC)c1. The van der Waals surface area contributed by atoms with Crippen molar-refractivity contribution in [2.75, 3.05) is 25.2 Å². The smallest absolute Gasteiger partial charge is 0.300 e. The third-order valence-corrected chi connectivity index (χ3v) is 6.16. The van der Waals surface area contributed by atoms with Gasteiger partial charge in [-0.1, -0.05) is 12.1 Å². The molecule has 0 bridgehead atoms. The van der Waals surface area contributed by atoms with E-state index in [1.54, 1.807) is 66.7 Å². The number of aliphatic hydroxyl groups is 1. The summed E-state index contributed by atoms with van der Waals surface area (Å²) in [5.41, 5.74) is 1.31. The minimum Gasteiger partial charge on any atom is -0.507 e. The van der Waals surface area contributed by atoms with E-state index in [0.717, 1.165) is 0 Å². The summed E-state index contributed by atoms with van der Waals surface area (Å²) in [7, 11) is 1.54. The average Bonchev–Trinajstić information content (AvgIpc) is 3.19. The molecule has 0 aromatic heterocycles. The van der Waals surface area contributed by atoms with Crippen molar-refractivity contribution >= 4 is 23.1 Å². The largest absolute Gasteiger partial charge is 0.507 e. The maximum atomic E-state index is 13.6. The van der Waals surface area contributed by atoms with Crippen LogP contribution in [0.15, 0.2) is 72.3 Å². The predicted molar refractivity (Wildman–Crippen MR) is 149 cm³/mol. The predicted octanol–water partition coefficient (Wildman–Crippen LogP) is 5.91. The molecule has 8 heteroatoms. The molecule has 3 aromatic carbocycles. The van der Waals surface area contributed by atoms with Gasteiger partial charge in [0, 0.05) is 11.8 Å². The van der Waals surface area contributed by atoms with Crippen molar-refractivity contribution in [3.05, 3.63) is 83.4 Å².